The number of anilines is 1. The highest BCUT2D eigenvalue weighted by atomic mass is 16.6. The number of urea groups is 1. The maximum Gasteiger partial charge on any atom is 0.325 e. The maximum absolute atomic E-state index is 12.4. The van der Waals surface area contributed by atoms with E-state index in [2.05, 4.69) is 20.9 Å². The van der Waals surface area contributed by atoms with Gasteiger partial charge in [0, 0.05) is 24.3 Å². The van der Waals surface area contributed by atoms with E-state index in [1.165, 1.54) is 0 Å². The third-order valence-electron chi connectivity index (χ3n) is 4.82. The molecule has 26 heavy (non-hydrogen) atoms. The molecular formula is C18H26N4O4. The summed E-state index contributed by atoms with van der Waals surface area (Å²) in [4.78, 5) is 26.6. The van der Waals surface area contributed by atoms with Gasteiger partial charge < -0.3 is 20.1 Å². The molecule has 142 valence electrons. The van der Waals surface area contributed by atoms with Crippen molar-refractivity contribution in [2.75, 3.05) is 38.7 Å². The Kier molecular flexibility index (Phi) is 5.95. The quantitative estimate of drug-likeness (QED) is 0.745. The molecule has 0 spiro atoms. The van der Waals surface area contributed by atoms with Crippen molar-refractivity contribution in [3.63, 3.8) is 0 Å². The Labute approximate surface area is 153 Å². The maximum atomic E-state index is 12.4. The second kappa shape index (κ2) is 8.37. The second-order valence-electron chi connectivity index (χ2n) is 6.60. The smallest absolute Gasteiger partial charge is 0.325 e. The number of likely N-dealkylation sites (tertiary alicyclic amines) is 1. The fourth-order valence-corrected chi connectivity index (χ4v) is 3.26. The predicted octanol–water partition coefficient (Wildman–Crippen LogP) is 1.18. The number of ether oxygens (including phenoxy) is 2. The Balaban J connectivity index is 1.53. The van der Waals surface area contributed by atoms with Gasteiger partial charge in [-0.05, 0) is 45.5 Å². The number of piperidine rings is 1. The average Bonchev–Trinajstić information content (AvgIpc) is 2.67. The molecule has 8 nitrogen and oxygen atoms in total. The van der Waals surface area contributed by atoms with Gasteiger partial charge in [0.25, 0.3) is 0 Å². The monoisotopic (exact) mass is 362 g/mol. The molecule has 0 bridgehead atoms. The van der Waals surface area contributed by atoms with Gasteiger partial charge >= 0.3 is 6.03 Å². The number of hydrogen-bond donors (Lipinski definition) is 3. The minimum atomic E-state index is -0.555. The number of amides is 3. The molecule has 0 saturated carbocycles. The Morgan fingerprint density at radius 2 is 2.00 bits per heavy atom. The molecule has 0 aromatic heterocycles. The number of carbonyl (C=O) groups is 2. The van der Waals surface area contributed by atoms with Crippen LogP contribution in [0.15, 0.2) is 18.2 Å². The molecule has 3 rings (SSSR count). The molecule has 2 unspecified atom stereocenters. The van der Waals surface area contributed by atoms with Crippen molar-refractivity contribution in [3.8, 4) is 11.5 Å². The van der Waals surface area contributed by atoms with Gasteiger partial charge in [0.05, 0.1) is 6.04 Å². The molecule has 0 aliphatic carbocycles. The molecule has 3 amide bonds. The molecule has 3 N–H and O–H groups in total. The summed E-state index contributed by atoms with van der Waals surface area (Å²) in [5.41, 5.74) is 0.542. The lowest BCUT2D eigenvalue weighted by atomic mass is 10.0. The van der Waals surface area contributed by atoms with Gasteiger partial charge in [0.15, 0.2) is 11.5 Å². The van der Waals surface area contributed by atoms with E-state index >= 15 is 0 Å². The van der Waals surface area contributed by atoms with Crippen molar-refractivity contribution >= 4 is 17.6 Å². The molecule has 1 aromatic rings. The fourth-order valence-electron chi connectivity index (χ4n) is 3.26. The molecule has 1 fully saturated rings. The molecule has 2 atom stereocenters. The van der Waals surface area contributed by atoms with E-state index in [4.69, 9.17) is 9.47 Å². The first-order valence-electron chi connectivity index (χ1n) is 8.99. The normalized spacial score (nSPS) is 20.9. The highest BCUT2D eigenvalue weighted by Gasteiger charge is 2.27. The van der Waals surface area contributed by atoms with Gasteiger partial charge in [-0.1, -0.05) is 0 Å². The van der Waals surface area contributed by atoms with Crippen molar-refractivity contribution in [1.82, 2.24) is 15.5 Å². The van der Waals surface area contributed by atoms with Gasteiger partial charge in [-0.25, -0.2) is 4.79 Å². The fraction of sp³-hybridized carbons (Fsp3) is 0.556. The van der Waals surface area contributed by atoms with Crippen LogP contribution in [0.5, 0.6) is 11.5 Å². The topological polar surface area (TPSA) is 91.9 Å². The van der Waals surface area contributed by atoms with E-state index in [1.807, 2.05) is 14.0 Å². The third-order valence-corrected chi connectivity index (χ3v) is 4.82. The van der Waals surface area contributed by atoms with Crippen LogP contribution in [0.3, 0.4) is 0 Å². The van der Waals surface area contributed by atoms with Crippen molar-refractivity contribution in [1.29, 1.82) is 0 Å². The Bertz CT molecular complexity index is 667. The van der Waals surface area contributed by atoms with E-state index in [0.29, 0.717) is 36.4 Å². The number of fused-ring (bicyclic) bond motifs is 1. The van der Waals surface area contributed by atoms with Crippen LogP contribution in [0.25, 0.3) is 0 Å². The predicted molar refractivity (Wildman–Crippen MR) is 97.7 cm³/mol. The van der Waals surface area contributed by atoms with E-state index < -0.39 is 6.03 Å². The van der Waals surface area contributed by atoms with Gasteiger partial charge in [-0.3, -0.25) is 15.0 Å². The van der Waals surface area contributed by atoms with Crippen molar-refractivity contribution in [3.05, 3.63) is 18.2 Å². The van der Waals surface area contributed by atoms with Crippen molar-refractivity contribution in [2.24, 2.45) is 0 Å². The summed E-state index contributed by atoms with van der Waals surface area (Å²) in [5, 5.41) is 8.33. The number of rotatable bonds is 4. The van der Waals surface area contributed by atoms with Crippen LogP contribution in [0, 0.1) is 0 Å². The molecular weight excluding hydrogens is 336 g/mol. The van der Waals surface area contributed by atoms with E-state index in [1.54, 1.807) is 18.2 Å². The van der Waals surface area contributed by atoms with Crippen molar-refractivity contribution < 1.29 is 19.1 Å². The zero-order valence-electron chi connectivity index (χ0n) is 15.2. The molecule has 1 saturated heterocycles. The van der Waals surface area contributed by atoms with E-state index in [0.717, 1.165) is 25.9 Å². The molecule has 8 heteroatoms. The largest absolute Gasteiger partial charge is 0.486 e. The Morgan fingerprint density at radius 1 is 1.23 bits per heavy atom. The third kappa shape index (κ3) is 4.44. The van der Waals surface area contributed by atoms with Crippen LogP contribution < -0.4 is 25.4 Å². The Hall–Kier alpha value is -2.32. The number of carbonyl (C=O) groups excluding carboxylic acids is 2. The number of hydrogen-bond acceptors (Lipinski definition) is 6. The van der Waals surface area contributed by atoms with Gasteiger partial charge in [0.1, 0.15) is 13.2 Å². The molecule has 1 aromatic carbocycles. The number of imide groups is 1. The van der Waals surface area contributed by atoms with Crippen molar-refractivity contribution in [2.45, 2.75) is 31.8 Å². The Morgan fingerprint density at radius 3 is 2.77 bits per heavy atom. The highest BCUT2D eigenvalue weighted by molar-refractivity contribution is 6.02. The zero-order chi connectivity index (χ0) is 18.5. The molecule has 0 radical (unpaired) electrons. The highest BCUT2D eigenvalue weighted by Crippen LogP contribution is 2.32. The van der Waals surface area contributed by atoms with E-state index in [-0.39, 0.29) is 11.9 Å². The van der Waals surface area contributed by atoms with Crippen LogP contribution in [0.4, 0.5) is 10.5 Å². The average molecular weight is 362 g/mol. The minimum Gasteiger partial charge on any atom is -0.486 e. The number of nitrogens with zero attached hydrogens (tertiary/aromatic N) is 1. The van der Waals surface area contributed by atoms with Gasteiger partial charge in [-0.15, -0.1) is 0 Å². The van der Waals surface area contributed by atoms with Crippen LogP contribution in [0.1, 0.15) is 19.8 Å². The summed E-state index contributed by atoms with van der Waals surface area (Å²) < 4.78 is 10.9. The number of likely N-dealkylation sites (N-methyl/N-ethyl adjacent to an activating group) is 1. The van der Waals surface area contributed by atoms with Gasteiger partial charge in [0.2, 0.25) is 5.91 Å². The summed E-state index contributed by atoms with van der Waals surface area (Å²) in [6.45, 7) is 4.47. The van der Waals surface area contributed by atoms with Crippen LogP contribution in [-0.2, 0) is 4.79 Å². The SMILES string of the molecule is CNC1CCCN(C(C)C(=O)NC(=O)Nc2ccc3c(c2)OCCO3)C1. The summed E-state index contributed by atoms with van der Waals surface area (Å²) >= 11 is 0. The molecule has 2 aliphatic rings. The standard InChI is InChI=1S/C18H26N4O4/c1-12(22-7-3-4-14(11-22)19-2)17(23)21-18(24)20-13-5-6-15-16(10-13)26-9-8-25-15/h5-6,10,12,14,19H,3-4,7-9,11H2,1-2H3,(H2,20,21,23,24). The zero-order valence-corrected chi connectivity index (χ0v) is 15.2. The summed E-state index contributed by atoms with van der Waals surface area (Å²) in [5.74, 6) is 0.924. The lowest BCUT2D eigenvalue weighted by Crippen LogP contribution is -2.53. The first-order chi connectivity index (χ1) is 12.6. The lowest BCUT2D eigenvalue weighted by Gasteiger charge is -2.35. The lowest BCUT2D eigenvalue weighted by molar-refractivity contribution is -0.125. The molecule has 2 heterocycles. The number of benzene rings is 1. The van der Waals surface area contributed by atoms with Crippen LogP contribution >= 0.6 is 0 Å². The minimum absolute atomic E-state index is 0.309. The summed E-state index contributed by atoms with van der Waals surface area (Å²) in [6, 6.07) is 4.59. The first kappa shape index (κ1) is 18.5. The van der Waals surface area contributed by atoms with Crippen LogP contribution in [0.2, 0.25) is 0 Å². The van der Waals surface area contributed by atoms with E-state index in [9.17, 15) is 9.59 Å². The van der Waals surface area contributed by atoms with Crippen LogP contribution in [-0.4, -0.2) is 62.3 Å². The van der Waals surface area contributed by atoms with Gasteiger partial charge in [-0.2, -0.15) is 0 Å². The molecule has 2 aliphatic heterocycles. The first-order valence-corrected chi connectivity index (χ1v) is 8.99. The summed E-state index contributed by atoms with van der Waals surface area (Å²) in [7, 11) is 1.93. The second-order valence-corrected chi connectivity index (χ2v) is 6.60. The number of nitrogens with one attached hydrogen (secondary N) is 3. The summed E-state index contributed by atoms with van der Waals surface area (Å²) in [6.07, 6.45) is 2.14.